The molecular weight excluding hydrogens is 420 g/mol. The van der Waals surface area contributed by atoms with E-state index in [4.69, 9.17) is 9.47 Å². The van der Waals surface area contributed by atoms with Crippen LogP contribution in [0.25, 0.3) is 0 Å². The van der Waals surface area contributed by atoms with Crippen molar-refractivity contribution < 1.29 is 29.0 Å². The Kier molecular flexibility index (Phi) is 7.69. The van der Waals surface area contributed by atoms with E-state index in [1.807, 2.05) is 19.1 Å². The Hall–Kier alpha value is -2.99. The van der Waals surface area contributed by atoms with Gasteiger partial charge in [-0.15, -0.1) is 0 Å². The van der Waals surface area contributed by atoms with Crippen molar-refractivity contribution in [1.82, 2.24) is 0 Å². The maximum Gasteiger partial charge on any atom is 0.343 e. The lowest BCUT2D eigenvalue weighted by atomic mass is 9.73. The van der Waals surface area contributed by atoms with Crippen LogP contribution in [0.1, 0.15) is 53.4 Å². The standard InChI is InChI=1S/C27H32O6/c1-5-17(3)11-9-7-8-10-12-19(28)15-23(29)24-22-14-18-13-20(6-2)32-16-21(18)25(30)27(22,4)33-26(24)31/h7-12,15,17,20,29H,5-6,13-14,16H2,1-4H3/b8-7+,11-9+,12-10+,23-15-/t17?,20?,27-/m1/s1. The highest BCUT2D eigenvalue weighted by Gasteiger charge is 2.54. The molecule has 0 bridgehead atoms. The molecule has 6 heteroatoms. The minimum Gasteiger partial charge on any atom is -0.507 e. The zero-order chi connectivity index (χ0) is 24.2. The van der Waals surface area contributed by atoms with Crippen molar-refractivity contribution in [3.8, 4) is 0 Å². The number of hydrogen-bond donors (Lipinski definition) is 1. The predicted octanol–water partition coefficient (Wildman–Crippen LogP) is 4.79. The number of fused-ring (bicyclic) bond motifs is 1. The maximum atomic E-state index is 13.1. The van der Waals surface area contributed by atoms with Crippen molar-refractivity contribution in [2.24, 2.45) is 5.92 Å². The van der Waals surface area contributed by atoms with Gasteiger partial charge in [-0.2, -0.15) is 0 Å². The topological polar surface area (TPSA) is 89.9 Å². The fraction of sp³-hybridized carbons (Fsp3) is 0.444. The van der Waals surface area contributed by atoms with Crippen molar-refractivity contribution >= 4 is 17.5 Å². The van der Waals surface area contributed by atoms with E-state index < -0.39 is 23.1 Å². The third-order valence-electron chi connectivity index (χ3n) is 6.51. The maximum absolute atomic E-state index is 13.1. The zero-order valence-electron chi connectivity index (χ0n) is 19.7. The third kappa shape index (κ3) is 5.17. The summed E-state index contributed by atoms with van der Waals surface area (Å²) in [4.78, 5) is 38.0. The van der Waals surface area contributed by atoms with Crippen LogP contribution in [0, 0.1) is 5.92 Å². The molecule has 176 valence electrons. The van der Waals surface area contributed by atoms with Gasteiger partial charge >= 0.3 is 5.97 Å². The summed E-state index contributed by atoms with van der Waals surface area (Å²) in [5, 5.41) is 10.6. The Balaban J connectivity index is 1.81. The second-order valence-corrected chi connectivity index (χ2v) is 8.86. The van der Waals surface area contributed by atoms with Gasteiger partial charge in [0.15, 0.2) is 11.4 Å². The Morgan fingerprint density at radius 2 is 1.94 bits per heavy atom. The molecule has 0 fully saturated rings. The summed E-state index contributed by atoms with van der Waals surface area (Å²) in [6.45, 7) is 7.99. The molecule has 0 saturated carbocycles. The van der Waals surface area contributed by atoms with Gasteiger partial charge in [0.25, 0.3) is 0 Å². The van der Waals surface area contributed by atoms with Crippen molar-refractivity contribution in [1.29, 1.82) is 0 Å². The van der Waals surface area contributed by atoms with Gasteiger partial charge in [0.05, 0.1) is 12.7 Å². The number of esters is 1. The number of Topliss-reactive ketones (excluding diaryl/α,β-unsaturated/α-hetero) is 1. The second-order valence-electron chi connectivity index (χ2n) is 8.86. The van der Waals surface area contributed by atoms with Crippen LogP contribution in [0.4, 0.5) is 0 Å². The van der Waals surface area contributed by atoms with E-state index in [0.29, 0.717) is 29.9 Å². The fourth-order valence-electron chi connectivity index (χ4n) is 4.21. The van der Waals surface area contributed by atoms with E-state index in [9.17, 15) is 19.5 Å². The smallest absolute Gasteiger partial charge is 0.343 e. The molecule has 1 N–H and O–H groups in total. The van der Waals surface area contributed by atoms with Crippen molar-refractivity contribution in [3.05, 3.63) is 70.6 Å². The normalized spacial score (nSPS) is 27.0. The summed E-state index contributed by atoms with van der Waals surface area (Å²) in [7, 11) is 0. The molecule has 2 aliphatic heterocycles. The number of ketones is 2. The number of hydrogen-bond acceptors (Lipinski definition) is 6. The summed E-state index contributed by atoms with van der Waals surface area (Å²) in [5.74, 6) is -1.58. The summed E-state index contributed by atoms with van der Waals surface area (Å²) < 4.78 is 11.2. The van der Waals surface area contributed by atoms with Gasteiger partial charge in [-0.3, -0.25) is 9.59 Å². The van der Waals surface area contributed by atoms with E-state index >= 15 is 0 Å². The van der Waals surface area contributed by atoms with Gasteiger partial charge in [0, 0.05) is 17.2 Å². The zero-order valence-corrected chi connectivity index (χ0v) is 19.7. The average Bonchev–Trinajstić information content (AvgIpc) is 3.05. The highest BCUT2D eigenvalue weighted by molar-refractivity contribution is 6.13. The number of ether oxygens (including phenoxy) is 2. The quantitative estimate of drug-likeness (QED) is 0.246. The average molecular weight is 453 g/mol. The summed E-state index contributed by atoms with van der Waals surface area (Å²) in [6.07, 6.45) is 14.2. The predicted molar refractivity (Wildman–Crippen MR) is 125 cm³/mol. The molecule has 0 aromatic carbocycles. The van der Waals surface area contributed by atoms with E-state index in [0.717, 1.165) is 24.5 Å². The summed E-state index contributed by atoms with van der Waals surface area (Å²) >= 11 is 0. The Morgan fingerprint density at radius 3 is 2.64 bits per heavy atom. The first kappa shape index (κ1) is 24.6. The fourth-order valence-corrected chi connectivity index (χ4v) is 4.21. The molecule has 3 atom stereocenters. The molecule has 0 radical (unpaired) electrons. The van der Waals surface area contributed by atoms with E-state index in [2.05, 4.69) is 19.9 Å². The lowest BCUT2D eigenvalue weighted by Crippen LogP contribution is -2.45. The number of rotatable bonds is 8. The molecule has 3 aliphatic rings. The van der Waals surface area contributed by atoms with Crippen LogP contribution in [0.2, 0.25) is 0 Å². The lowest BCUT2D eigenvalue weighted by Gasteiger charge is -2.36. The molecule has 0 aromatic rings. The molecule has 33 heavy (non-hydrogen) atoms. The van der Waals surface area contributed by atoms with Gasteiger partial charge < -0.3 is 14.6 Å². The van der Waals surface area contributed by atoms with Gasteiger partial charge in [-0.25, -0.2) is 4.79 Å². The number of aliphatic hydroxyl groups excluding tert-OH is 1. The van der Waals surface area contributed by atoms with Crippen LogP contribution in [0.5, 0.6) is 0 Å². The Labute approximate surface area is 195 Å². The van der Waals surface area contributed by atoms with E-state index in [1.54, 1.807) is 12.2 Å². The molecule has 1 aliphatic carbocycles. The molecule has 0 amide bonds. The van der Waals surface area contributed by atoms with Crippen LogP contribution in [-0.2, 0) is 23.9 Å². The van der Waals surface area contributed by atoms with E-state index in [-0.39, 0.29) is 24.1 Å². The van der Waals surface area contributed by atoms with Gasteiger partial charge in [-0.1, -0.05) is 63.1 Å². The third-order valence-corrected chi connectivity index (χ3v) is 6.51. The molecule has 0 saturated heterocycles. The van der Waals surface area contributed by atoms with E-state index in [1.165, 1.54) is 13.0 Å². The van der Waals surface area contributed by atoms with Gasteiger partial charge in [0.1, 0.15) is 11.3 Å². The van der Waals surface area contributed by atoms with Crippen LogP contribution >= 0.6 is 0 Å². The molecule has 2 unspecified atom stereocenters. The Bertz CT molecular complexity index is 1020. The first-order chi connectivity index (χ1) is 15.7. The minimum absolute atomic E-state index is 0.0203. The Morgan fingerprint density at radius 1 is 1.21 bits per heavy atom. The van der Waals surface area contributed by atoms with Crippen molar-refractivity contribution in [2.45, 2.75) is 65.1 Å². The number of allylic oxidation sites excluding steroid dienone is 7. The molecule has 6 nitrogen and oxygen atoms in total. The number of aliphatic hydroxyl groups is 1. The molecule has 2 heterocycles. The molecule has 3 rings (SSSR count). The van der Waals surface area contributed by atoms with Gasteiger partial charge in [0.2, 0.25) is 5.78 Å². The molecule has 0 spiro atoms. The van der Waals surface area contributed by atoms with Crippen LogP contribution in [0.3, 0.4) is 0 Å². The highest BCUT2D eigenvalue weighted by Crippen LogP contribution is 2.47. The van der Waals surface area contributed by atoms with Crippen molar-refractivity contribution in [2.75, 3.05) is 6.61 Å². The van der Waals surface area contributed by atoms with Crippen LogP contribution in [-0.4, -0.2) is 41.0 Å². The molecule has 0 aromatic heterocycles. The first-order valence-corrected chi connectivity index (χ1v) is 11.5. The largest absolute Gasteiger partial charge is 0.507 e. The van der Waals surface area contributed by atoms with Crippen molar-refractivity contribution in [3.63, 3.8) is 0 Å². The lowest BCUT2D eigenvalue weighted by molar-refractivity contribution is -0.153. The first-order valence-electron chi connectivity index (χ1n) is 11.5. The minimum atomic E-state index is -1.47. The monoisotopic (exact) mass is 452 g/mol. The highest BCUT2D eigenvalue weighted by atomic mass is 16.6. The summed E-state index contributed by atoms with van der Waals surface area (Å²) in [6, 6.07) is 0. The summed E-state index contributed by atoms with van der Waals surface area (Å²) in [5.41, 5.74) is 0.311. The SMILES string of the molecule is CCC(C)/C=C/C=C/C=C/C(=O)/C=C(\O)C1=C2CC3=C(COC(CC)C3)C(=O)[C@]2(C)OC1=O. The number of carbonyl (C=O) groups is 3. The van der Waals surface area contributed by atoms with Crippen LogP contribution in [0.15, 0.2) is 70.6 Å². The second kappa shape index (κ2) is 10.3. The number of carbonyl (C=O) groups excluding carboxylic acids is 3. The van der Waals surface area contributed by atoms with Crippen LogP contribution < -0.4 is 0 Å². The van der Waals surface area contributed by atoms with Gasteiger partial charge in [-0.05, 0) is 38.2 Å². The molecular formula is C27H32O6.